The van der Waals surface area contributed by atoms with Crippen molar-refractivity contribution in [2.24, 2.45) is 0 Å². The van der Waals surface area contributed by atoms with Crippen LogP contribution >= 0.6 is 15.9 Å². The summed E-state index contributed by atoms with van der Waals surface area (Å²) in [4.78, 5) is 2.45. The lowest BCUT2D eigenvalue weighted by Crippen LogP contribution is -2.36. The standard InChI is InChI=1S/C14H17BrN4/c1-10(12-5-3-4-6-13(12)15)18-7-8-19-11(2)16-17-14(19)9-18/h3-6,10H,7-9H2,1-2H3/t10-/m1/s1. The quantitative estimate of drug-likeness (QED) is 0.853. The summed E-state index contributed by atoms with van der Waals surface area (Å²) in [6, 6.07) is 8.80. The normalized spacial score (nSPS) is 17.2. The van der Waals surface area contributed by atoms with E-state index in [-0.39, 0.29) is 0 Å². The monoisotopic (exact) mass is 320 g/mol. The molecule has 100 valence electrons. The van der Waals surface area contributed by atoms with Crippen LogP contribution in [0.15, 0.2) is 28.7 Å². The maximum absolute atomic E-state index is 4.26. The van der Waals surface area contributed by atoms with Crippen molar-refractivity contribution in [1.82, 2.24) is 19.7 Å². The summed E-state index contributed by atoms with van der Waals surface area (Å²) in [5.74, 6) is 2.09. The van der Waals surface area contributed by atoms with Crippen LogP contribution in [0.25, 0.3) is 0 Å². The van der Waals surface area contributed by atoms with Gasteiger partial charge in [-0.2, -0.15) is 0 Å². The topological polar surface area (TPSA) is 34.0 Å². The Morgan fingerprint density at radius 3 is 2.79 bits per heavy atom. The molecule has 5 heteroatoms. The van der Waals surface area contributed by atoms with Crippen molar-refractivity contribution >= 4 is 15.9 Å². The van der Waals surface area contributed by atoms with E-state index in [1.54, 1.807) is 0 Å². The van der Waals surface area contributed by atoms with E-state index in [9.17, 15) is 0 Å². The number of aromatic nitrogens is 3. The van der Waals surface area contributed by atoms with Gasteiger partial charge in [-0.3, -0.25) is 4.90 Å². The van der Waals surface area contributed by atoms with Crippen LogP contribution in [-0.4, -0.2) is 26.2 Å². The largest absolute Gasteiger partial charge is 0.313 e. The molecule has 2 aromatic rings. The number of hydrogen-bond donors (Lipinski definition) is 0. The molecule has 3 rings (SSSR count). The van der Waals surface area contributed by atoms with Crippen LogP contribution < -0.4 is 0 Å². The molecule has 0 spiro atoms. The van der Waals surface area contributed by atoms with E-state index < -0.39 is 0 Å². The highest BCUT2D eigenvalue weighted by molar-refractivity contribution is 9.10. The zero-order valence-corrected chi connectivity index (χ0v) is 12.8. The van der Waals surface area contributed by atoms with Crippen LogP contribution in [0.1, 0.15) is 30.2 Å². The van der Waals surface area contributed by atoms with Gasteiger partial charge in [-0.1, -0.05) is 34.1 Å². The predicted molar refractivity (Wildman–Crippen MR) is 77.7 cm³/mol. The molecule has 0 fully saturated rings. The van der Waals surface area contributed by atoms with E-state index in [0.717, 1.165) is 31.3 Å². The van der Waals surface area contributed by atoms with Crippen molar-refractivity contribution in [2.45, 2.75) is 33.0 Å². The fraction of sp³-hybridized carbons (Fsp3) is 0.429. The first-order valence-electron chi connectivity index (χ1n) is 6.54. The van der Waals surface area contributed by atoms with E-state index >= 15 is 0 Å². The third-order valence-corrected chi connectivity index (χ3v) is 4.59. The molecule has 4 nitrogen and oxygen atoms in total. The lowest BCUT2D eigenvalue weighted by atomic mass is 10.1. The summed E-state index contributed by atoms with van der Waals surface area (Å²) < 4.78 is 3.38. The number of aryl methyl sites for hydroxylation is 1. The fourth-order valence-corrected chi connectivity index (χ4v) is 3.28. The Morgan fingerprint density at radius 1 is 1.21 bits per heavy atom. The van der Waals surface area contributed by atoms with Gasteiger partial charge in [-0.25, -0.2) is 0 Å². The van der Waals surface area contributed by atoms with Crippen LogP contribution in [0.4, 0.5) is 0 Å². The van der Waals surface area contributed by atoms with Crippen LogP contribution in [0.3, 0.4) is 0 Å². The van der Waals surface area contributed by atoms with Gasteiger partial charge in [0.05, 0.1) is 6.54 Å². The first-order valence-corrected chi connectivity index (χ1v) is 7.33. The average molecular weight is 321 g/mol. The van der Waals surface area contributed by atoms with Crippen molar-refractivity contribution in [3.63, 3.8) is 0 Å². The molecule has 0 aliphatic carbocycles. The Morgan fingerprint density at radius 2 is 2.00 bits per heavy atom. The minimum atomic E-state index is 0.376. The summed E-state index contributed by atoms with van der Waals surface area (Å²) in [5.41, 5.74) is 1.33. The Labute approximate surface area is 121 Å². The van der Waals surface area contributed by atoms with Gasteiger partial charge in [-0.15, -0.1) is 10.2 Å². The maximum atomic E-state index is 4.26. The van der Waals surface area contributed by atoms with Gasteiger partial charge >= 0.3 is 0 Å². The van der Waals surface area contributed by atoms with Crippen molar-refractivity contribution in [3.05, 3.63) is 46.0 Å². The molecule has 19 heavy (non-hydrogen) atoms. The van der Waals surface area contributed by atoms with Crippen LogP contribution in [-0.2, 0) is 13.1 Å². The SMILES string of the molecule is Cc1nnc2n1CCN([C@H](C)c1ccccc1Br)C2. The van der Waals surface area contributed by atoms with E-state index in [0.29, 0.717) is 6.04 Å². The molecular weight excluding hydrogens is 304 g/mol. The zero-order chi connectivity index (χ0) is 13.4. The zero-order valence-electron chi connectivity index (χ0n) is 11.2. The summed E-state index contributed by atoms with van der Waals surface area (Å²) in [7, 11) is 0. The molecule has 0 radical (unpaired) electrons. The third-order valence-electron chi connectivity index (χ3n) is 3.87. The number of rotatable bonds is 2. The van der Waals surface area contributed by atoms with Gasteiger partial charge in [0.2, 0.25) is 0 Å². The predicted octanol–water partition coefficient (Wildman–Crippen LogP) is 2.93. The number of benzene rings is 1. The molecule has 0 amide bonds. The van der Waals surface area contributed by atoms with Crippen molar-refractivity contribution in [2.75, 3.05) is 6.54 Å². The fourth-order valence-electron chi connectivity index (χ4n) is 2.66. The number of halogens is 1. The molecule has 1 atom stereocenters. The Hall–Kier alpha value is -1.20. The summed E-state index contributed by atoms with van der Waals surface area (Å²) >= 11 is 3.64. The second kappa shape index (κ2) is 5.06. The molecule has 1 aliphatic rings. The van der Waals surface area contributed by atoms with Crippen LogP contribution in [0, 0.1) is 6.92 Å². The highest BCUT2D eigenvalue weighted by Gasteiger charge is 2.24. The van der Waals surface area contributed by atoms with Gasteiger partial charge in [0.15, 0.2) is 0 Å². The molecule has 0 bridgehead atoms. The summed E-state index contributed by atoms with van der Waals surface area (Å²) in [6.45, 7) is 7.14. The van der Waals surface area contributed by atoms with E-state index in [2.05, 4.69) is 66.8 Å². The number of fused-ring (bicyclic) bond motifs is 1. The third kappa shape index (κ3) is 2.32. The molecule has 0 saturated heterocycles. The Kier molecular flexibility index (Phi) is 3.41. The van der Waals surface area contributed by atoms with E-state index in [4.69, 9.17) is 0 Å². The molecule has 0 saturated carbocycles. The highest BCUT2D eigenvalue weighted by Crippen LogP contribution is 2.29. The summed E-state index contributed by atoms with van der Waals surface area (Å²) in [5, 5.41) is 8.42. The van der Waals surface area contributed by atoms with Gasteiger partial charge in [-0.05, 0) is 25.5 Å². The van der Waals surface area contributed by atoms with Crippen molar-refractivity contribution < 1.29 is 0 Å². The van der Waals surface area contributed by atoms with Crippen molar-refractivity contribution in [3.8, 4) is 0 Å². The maximum Gasteiger partial charge on any atom is 0.147 e. The van der Waals surface area contributed by atoms with Crippen LogP contribution in [0.5, 0.6) is 0 Å². The van der Waals surface area contributed by atoms with E-state index in [1.807, 2.05) is 6.92 Å². The first kappa shape index (κ1) is 12.8. The number of nitrogens with zero attached hydrogens (tertiary/aromatic N) is 4. The van der Waals surface area contributed by atoms with Gasteiger partial charge < -0.3 is 4.57 Å². The van der Waals surface area contributed by atoms with Crippen LogP contribution in [0.2, 0.25) is 0 Å². The molecule has 0 N–H and O–H groups in total. The lowest BCUT2D eigenvalue weighted by molar-refractivity contribution is 0.162. The van der Waals surface area contributed by atoms with Gasteiger partial charge in [0, 0.05) is 23.6 Å². The molecule has 2 heterocycles. The second-order valence-electron chi connectivity index (χ2n) is 4.98. The minimum Gasteiger partial charge on any atom is -0.313 e. The molecule has 1 aromatic carbocycles. The Bertz CT molecular complexity index is 593. The van der Waals surface area contributed by atoms with Gasteiger partial charge in [0.25, 0.3) is 0 Å². The lowest BCUT2D eigenvalue weighted by Gasteiger charge is -2.33. The van der Waals surface area contributed by atoms with Gasteiger partial charge in [0.1, 0.15) is 11.6 Å². The summed E-state index contributed by atoms with van der Waals surface area (Å²) in [6.07, 6.45) is 0. The molecular formula is C14H17BrN4. The second-order valence-corrected chi connectivity index (χ2v) is 5.84. The van der Waals surface area contributed by atoms with E-state index in [1.165, 1.54) is 10.0 Å². The average Bonchev–Trinajstić information content (AvgIpc) is 2.80. The molecule has 0 unspecified atom stereocenters. The minimum absolute atomic E-state index is 0.376. The molecule has 1 aromatic heterocycles. The Balaban J connectivity index is 1.83. The van der Waals surface area contributed by atoms with Crippen molar-refractivity contribution in [1.29, 1.82) is 0 Å². The number of hydrogen-bond acceptors (Lipinski definition) is 3. The first-order chi connectivity index (χ1) is 9.16. The highest BCUT2D eigenvalue weighted by atomic mass is 79.9. The molecule has 1 aliphatic heterocycles. The smallest absolute Gasteiger partial charge is 0.147 e.